The highest BCUT2D eigenvalue weighted by Crippen LogP contribution is 2.43. The summed E-state index contributed by atoms with van der Waals surface area (Å²) < 4.78 is 60.1. The maximum Gasteiger partial charge on any atom is 0.406 e. The molecule has 0 aliphatic carbocycles. The van der Waals surface area contributed by atoms with Crippen molar-refractivity contribution in [2.24, 2.45) is 0 Å². The third kappa shape index (κ3) is 4.67. The van der Waals surface area contributed by atoms with Gasteiger partial charge in [-0.3, -0.25) is 4.79 Å². The van der Waals surface area contributed by atoms with Crippen molar-refractivity contribution in [2.45, 2.75) is 30.9 Å². The van der Waals surface area contributed by atoms with Crippen molar-refractivity contribution in [1.29, 1.82) is 0 Å². The zero-order valence-corrected chi connectivity index (χ0v) is 21.3. The number of ether oxygens (including phenoxy) is 2. The van der Waals surface area contributed by atoms with Crippen LogP contribution in [0.3, 0.4) is 0 Å². The number of benzene rings is 3. The lowest BCUT2D eigenvalue weighted by Crippen LogP contribution is -2.55. The highest BCUT2D eigenvalue weighted by Gasteiger charge is 2.58. The second kappa shape index (κ2) is 10.3. The number of fused-ring (bicyclic) bond motifs is 2. The lowest BCUT2D eigenvalue weighted by atomic mass is 9.89. The van der Waals surface area contributed by atoms with Gasteiger partial charge in [-0.15, -0.1) is 0 Å². The lowest BCUT2D eigenvalue weighted by molar-refractivity contribution is -0.161. The molecule has 206 valence electrons. The summed E-state index contributed by atoms with van der Waals surface area (Å²) in [4.78, 5) is 18.4. The Morgan fingerprint density at radius 2 is 1.70 bits per heavy atom. The van der Waals surface area contributed by atoms with Crippen molar-refractivity contribution in [3.8, 4) is 5.75 Å². The Balaban J connectivity index is 1.42. The van der Waals surface area contributed by atoms with Gasteiger partial charge in [0.25, 0.3) is 5.91 Å². The number of halogens is 3. The van der Waals surface area contributed by atoms with Crippen LogP contribution in [0, 0.1) is 0 Å². The summed E-state index contributed by atoms with van der Waals surface area (Å²) in [7, 11) is 1.48. The van der Waals surface area contributed by atoms with Crippen LogP contribution in [-0.2, 0) is 16.1 Å². The van der Waals surface area contributed by atoms with Gasteiger partial charge >= 0.3 is 6.18 Å². The van der Waals surface area contributed by atoms with E-state index in [0.717, 1.165) is 10.6 Å². The van der Waals surface area contributed by atoms with Gasteiger partial charge in [-0.25, -0.2) is 15.4 Å². The molecule has 2 N–H and O–H groups in total. The van der Waals surface area contributed by atoms with Crippen molar-refractivity contribution in [3.05, 3.63) is 102 Å². The maximum atomic E-state index is 14.3. The first-order valence-corrected chi connectivity index (χ1v) is 12.6. The average Bonchev–Trinajstić information content (AvgIpc) is 3.56. The quantitative estimate of drug-likeness (QED) is 0.343. The summed E-state index contributed by atoms with van der Waals surface area (Å²) in [6, 6.07) is 20.8. The molecule has 8 nitrogen and oxygen atoms in total. The number of alkyl halides is 3. The summed E-state index contributed by atoms with van der Waals surface area (Å²) >= 11 is 0. The first-order chi connectivity index (χ1) is 19.3. The normalized spacial score (nSPS) is 21.1. The summed E-state index contributed by atoms with van der Waals surface area (Å²) in [5.41, 5.74) is 4.76. The van der Waals surface area contributed by atoms with Gasteiger partial charge in [0.1, 0.15) is 23.5 Å². The molecule has 3 unspecified atom stereocenters. The number of carbonyl (C=O) groups is 1. The molecule has 1 saturated heterocycles. The minimum Gasteiger partial charge on any atom is -0.494 e. The van der Waals surface area contributed by atoms with Gasteiger partial charge in [0, 0.05) is 0 Å². The molecule has 11 heteroatoms. The SMILES string of the molecule is COc1cccc2oc(C3=C(COCc4ccccc4)NC4C(c5ccccc5)C(C(F)(F)F)NN4C3=O)nc12. The largest absolute Gasteiger partial charge is 0.494 e. The molecule has 3 aromatic carbocycles. The molecule has 2 aliphatic heterocycles. The summed E-state index contributed by atoms with van der Waals surface area (Å²) in [6.45, 7) is 0.142. The molecule has 2 aliphatic rings. The molecule has 4 aromatic rings. The zero-order chi connectivity index (χ0) is 27.9. The van der Waals surface area contributed by atoms with Crippen LogP contribution in [-0.4, -0.2) is 48.0 Å². The molecule has 1 aromatic heterocycles. The number of para-hydroxylation sites is 1. The summed E-state index contributed by atoms with van der Waals surface area (Å²) in [5, 5.41) is 4.15. The van der Waals surface area contributed by atoms with Crippen LogP contribution in [0.15, 0.2) is 89.0 Å². The molecule has 3 heterocycles. The third-order valence-corrected chi connectivity index (χ3v) is 7.02. The fourth-order valence-electron chi connectivity index (χ4n) is 5.19. The van der Waals surface area contributed by atoms with Gasteiger partial charge < -0.3 is 19.2 Å². The van der Waals surface area contributed by atoms with Crippen LogP contribution in [0.4, 0.5) is 13.2 Å². The predicted molar refractivity (Wildman–Crippen MR) is 140 cm³/mol. The van der Waals surface area contributed by atoms with E-state index in [4.69, 9.17) is 13.9 Å². The van der Waals surface area contributed by atoms with Gasteiger partial charge in [0.2, 0.25) is 5.89 Å². The molecular weight excluding hydrogens is 525 g/mol. The molecule has 3 atom stereocenters. The number of rotatable bonds is 7. The van der Waals surface area contributed by atoms with Gasteiger partial charge in [-0.1, -0.05) is 66.7 Å². The minimum atomic E-state index is -4.63. The molecule has 1 fully saturated rings. The molecule has 1 amide bonds. The number of oxazole rings is 1. The number of nitrogens with one attached hydrogen (secondary N) is 2. The van der Waals surface area contributed by atoms with E-state index in [2.05, 4.69) is 15.7 Å². The second-order valence-corrected chi connectivity index (χ2v) is 9.51. The molecule has 0 bridgehead atoms. The van der Waals surface area contributed by atoms with Crippen LogP contribution < -0.4 is 15.5 Å². The monoisotopic (exact) mass is 550 g/mol. The first kappa shape index (κ1) is 25.9. The summed E-state index contributed by atoms with van der Waals surface area (Å²) in [6.07, 6.45) is -5.67. The van der Waals surface area contributed by atoms with Gasteiger partial charge in [-0.2, -0.15) is 13.2 Å². The van der Waals surface area contributed by atoms with Crippen molar-refractivity contribution in [1.82, 2.24) is 20.7 Å². The predicted octanol–water partition coefficient (Wildman–Crippen LogP) is 4.76. The topological polar surface area (TPSA) is 88.9 Å². The van der Waals surface area contributed by atoms with Crippen molar-refractivity contribution < 1.29 is 31.9 Å². The Morgan fingerprint density at radius 1 is 0.975 bits per heavy atom. The van der Waals surface area contributed by atoms with E-state index in [9.17, 15) is 18.0 Å². The van der Waals surface area contributed by atoms with Crippen LogP contribution >= 0.6 is 0 Å². The van der Waals surface area contributed by atoms with Gasteiger partial charge in [0.15, 0.2) is 11.1 Å². The molecule has 0 saturated carbocycles. The number of nitrogens with zero attached hydrogens (tertiary/aromatic N) is 2. The molecular formula is C29H25F3N4O4. The summed E-state index contributed by atoms with van der Waals surface area (Å²) in [5.74, 6) is -1.45. The third-order valence-electron chi connectivity index (χ3n) is 7.02. The number of hydrogen-bond donors (Lipinski definition) is 2. The molecule has 0 radical (unpaired) electrons. The van der Waals surface area contributed by atoms with E-state index in [1.807, 2.05) is 30.3 Å². The van der Waals surface area contributed by atoms with E-state index < -0.39 is 30.2 Å². The van der Waals surface area contributed by atoms with Crippen molar-refractivity contribution in [3.63, 3.8) is 0 Å². The lowest BCUT2D eigenvalue weighted by Gasteiger charge is -2.35. The van der Waals surface area contributed by atoms with Crippen molar-refractivity contribution >= 4 is 22.6 Å². The Kier molecular flexibility index (Phi) is 6.68. The molecule has 40 heavy (non-hydrogen) atoms. The Hall–Kier alpha value is -4.35. The van der Waals surface area contributed by atoms with Gasteiger partial charge in [0.05, 0.1) is 31.9 Å². The van der Waals surface area contributed by atoms with Crippen LogP contribution in [0.2, 0.25) is 0 Å². The van der Waals surface area contributed by atoms with Crippen LogP contribution in [0.1, 0.15) is 22.9 Å². The van der Waals surface area contributed by atoms with E-state index in [1.165, 1.54) is 7.11 Å². The van der Waals surface area contributed by atoms with Crippen molar-refractivity contribution in [2.75, 3.05) is 13.7 Å². The Bertz CT molecular complexity index is 1560. The number of methoxy groups -OCH3 is 1. The number of hydrazine groups is 1. The Morgan fingerprint density at radius 3 is 2.40 bits per heavy atom. The molecule has 6 rings (SSSR count). The number of carbonyl (C=O) groups excluding carboxylic acids is 1. The molecule has 0 spiro atoms. The highest BCUT2D eigenvalue weighted by atomic mass is 19.4. The second-order valence-electron chi connectivity index (χ2n) is 9.51. The average molecular weight is 551 g/mol. The standard InChI is InChI=1S/C29H25F3N4O4/c1-38-20-13-8-14-21-24(20)34-27(40-21)23-19(16-39-15-17-9-4-2-5-10-17)33-26-22(18-11-6-3-7-12-18)25(29(30,31)32)35-36(26)28(23)37/h2-14,22,25-26,33,35H,15-16H2,1H3. The van der Waals surface area contributed by atoms with Crippen LogP contribution in [0.5, 0.6) is 5.75 Å². The number of amides is 1. The van der Waals surface area contributed by atoms with E-state index in [-0.39, 0.29) is 30.4 Å². The van der Waals surface area contributed by atoms with Gasteiger partial charge in [-0.05, 0) is 23.3 Å². The van der Waals surface area contributed by atoms with E-state index in [0.29, 0.717) is 22.4 Å². The highest BCUT2D eigenvalue weighted by molar-refractivity contribution is 6.20. The van der Waals surface area contributed by atoms with Crippen LogP contribution in [0.25, 0.3) is 16.7 Å². The number of hydrogen-bond acceptors (Lipinski definition) is 7. The van der Waals surface area contributed by atoms with E-state index in [1.54, 1.807) is 48.5 Å². The first-order valence-electron chi connectivity index (χ1n) is 12.6. The minimum absolute atomic E-state index is 0.0234. The van der Waals surface area contributed by atoms with E-state index >= 15 is 0 Å². The Labute approximate surface area is 227 Å². The fraction of sp³-hybridized carbons (Fsp3) is 0.241. The maximum absolute atomic E-state index is 14.3. The number of aromatic nitrogens is 1. The fourth-order valence-corrected chi connectivity index (χ4v) is 5.19. The smallest absolute Gasteiger partial charge is 0.406 e. The zero-order valence-electron chi connectivity index (χ0n) is 21.3.